The lowest BCUT2D eigenvalue weighted by molar-refractivity contribution is 0.658. The molecule has 0 amide bonds. The molecule has 0 aliphatic heterocycles. The number of rotatable bonds is 1. The van der Waals surface area contributed by atoms with Crippen molar-refractivity contribution in [2.24, 2.45) is 0 Å². The normalized spacial score (nSPS) is 15.3. The van der Waals surface area contributed by atoms with Crippen LogP contribution in [0.15, 0.2) is 41.3 Å². The Balaban J connectivity index is 2.31. The highest BCUT2D eigenvalue weighted by molar-refractivity contribution is 7.98. The molecule has 0 fully saturated rings. The van der Waals surface area contributed by atoms with Gasteiger partial charge in [-0.3, -0.25) is 0 Å². The van der Waals surface area contributed by atoms with E-state index in [0.29, 0.717) is 0 Å². The monoisotopic (exact) mass is 274 g/mol. The quantitative estimate of drug-likeness (QED) is 0.630. The first-order valence-electron chi connectivity index (χ1n) is 6.03. The summed E-state index contributed by atoms with van der Waals surface area (Å²) >= 11 is 7.94. The van der Waals surface area contributed by atoms with E-state index in [1.165, 1.54) is 27.1 Å². The van der Waals surface area contributed by atoms with E-state index in [-0.39, 0.29) is 5.41 Å². The summed E-state index contributed by atoms with van der Waals surface area (Å²) in [5.41, 5.74) is 5.47. The van der Waals surface area contributed by atoms with Gasteiger partial charge in [-0.05, 0) is 52.8 Å². The van der Waals surface area contributed by atoms with Crippen LogP contribution in [0.2, 0.25) is 5.02 Å². The Bertz CT molecular complexity index is 629. The molecule has 1 aliphatic carbocycles. The average Bonchev–Trinajstić information content (AvgIpc) is 2.58. The van der Waals surface area contributed by atoms with E-state index in [0.717, 1.165) is 5.02 Å². The van der Waals surface area contributed by atoms with Crippen LogP contribution in [-0.2, 0) is 5.41 Å². The smallest absolute Gasteiger partial charge is 0.0409 e. The van der Waals surface area contributed by atoms with E-state index in [1.807, 2.05) is 6.07 Å². The molecule has 0 bridgehead atoms. The van der Waals surface area contributed by atoms with E-state index >= 15 is 0 Å². The number of thioether (sulfide) groups is 1. The standard InChI is InChI=1S/C16H15ClS/c1-16(2)14-8-10(17)4-6-12(14)13-7-5-11(18-3)9-15(13)16/h4-9H,1-3H3. The van der Waals surface area contributed by atoms with Crippen LogP contribution in [0.3, 0.4) is 0 Å². The molecule has 18 heavy (non-hydrogen) atoms. The molecule has 2 heteroatoms. The van der Waals surface area contributed by atoms with Gasteiger partial charge in [-0.25, -0.2) is 0 Å². The van der Waals surface area contributed by atoms with E-state index in [4.69, 9.17) is 11.6 Å². The molecule has 2 aromatic rings. The molecule has 92 valence electrons. The molecule has 2 aromatic carbocycles. The summed E-state index contributed by atoms with van der Waals surface area (Å²) in [7, 11) is 0. The van der Waals surface area contributed by atoms with Crippen molar-refractivity contribution in [3.63, 3.8) is 0 Å². The van der Waals surface area contributed by atoms with Crippen LogP contribution in [-0.4, -0.2) is 6.26 Å². The van der Waals surface area contributed by atoms with Crippen LogP contribution >= 0.6 is 23.4 Å². The van der Waals surface area contributed by atoms with Crippen LogP contribution in [0.4, 0.5) is 0 Å². The van der Waals surface area contributed by atoms with Gasteiger partial charge in [0.2, 0.25) is 0 Å². The molecule has 0 saturated heterocycles. The zero-order chi connectivity index (χ0) is 12.9. The molecule has 0 radical (unpaired) electrons. The van der Waals surface area contributed by atoms with Gasteiger partial charge in [-0.2, -0.15) is 0 Å². The molecule has 0 spiro atoms. The minimum Gasteiger partial charge on any atom is -0.130 e. The zero-order valence-electron chi connectivity index (χ0n) is 10.8. The van der Waals surface area contributed by atoms with Gasteiger partial charge in [0.25, 0.3) is 0 Å². The average molecular weight is 275 g/mol. The van der Waals surface area contributed by atoms with Gasteiger partial charge in [-0.15, -0.1) is 11.8 Å². The molecule has 0 nitrogen and oxygen atoms in total. The lowest BCUT2D eigenvalue weighted by Crippen LogP contribution is -2.14. The minimum atomic E-state index is 0.0430. The SMILES string of the molecule is CSc1ccc2c(c1)C(C)(C)c1cc(Cl)ccc1-2. The van der Waals surface area contributed by atoms with Crippen LogP contribution in [0.5, 0.6) is 0 Å². The fourth-order valence-electron chi connectivity index (χ4n) is 2.82. The second-order valence-electron chi connectivity index (χ2n) is 5.23. The molecule has 1 aliphatic rings. The number of hydrogen-bond acceptors (Lipinski definition) is 1. The first kappa shape index (κ1) is 12.1. The Kier molecular flexibility index (Phi) is 2.72. The third-order valence-electron chi connectivity index (χ3n) is 3.85. The van der Waals surface area contributed by atoms with E-state index in [1.54, 1.807) is 11.8 Å². The molecule has 0 N–H and O–H groups in total. The van der Waals surface area contributed by atoms with Crippen molar-refractivity contribution in [2.75, 3.05) is 6.26 Å². The van der Waals surface area contributed by atoms with Gasteiger partial charge in [0.1, 0.15) is 0 Å². The highest BCUT2D eigenvalue weighted by Gasteiger charge is 2.35. The number of fused-ring (bicyclic) bond motifs is 3. The van der Waals surface area contributed by atoms with Crippen LogP contribution in [0.25, 0.3) is 11.1 Å². The minimum absolute atomic E-state index is 0.0430. The summed E-state index contributed by atoms with van der Waals surface area (Å²) in [6, 6.07) is 13.0. The van der Waals surface area contributed by atoms with Crippen molar-refractivity contribution in [1.82, 2.24) is 0 Å². The van der Waals surface area contributed by atoms with Crippen molar-refractivity contribution >= 4 is 23.4 Å². The fraction of sp³-hybridized carbons (Fsp3) is 0.250. The van der Waals surface area contributed by atoms with Gasteiger partial charge in [-0.1, -0.05) is 37.6 Å². The first-order chi connectivity index (χ1) is 8.54. The van der Waals surface area contributed by atoms with Gasteiger partial charge in [0, 0.05) is 15.3 Å². The van der Waals surface area contributed by atoms with Gasteiger partial charge in [0.15, 0.2) is 0 Å². The Hall–Kier alpha value is -0.920. The Morgan fingerprint density at radius 3 is 2.22 bits per heavy atom. The van der Waals surface area contributed by atoms with Crippen LogP contribution < -0.4 is 0 Å². The van der Waals surface area contributed by atoms with Crippen molar-refractivity contribution < 1.29 is 0 Å². The summed E-state index contributed by atoms with van der Waals surface area (Å²) in [6.45, 7) is 4.55. The Morgan fingerprint density at radius 1 is 0.944 bits per heavy atom. The summed E-state index contributed by atoms with van der Waals surface area (Å²) in [6.07, 6.45) is 2.12. The molecule has 0 saturated carbocycles. The summed E-state index contributed by atoms with van der Waals surface area (Å²) in [4.78, 5) is 1.32. The zero-order valence-corrected chi connectivity index (χ0v) is 12.3. The highest BCUT2D eigenvalue weighted by atomic mass is 35.5. The maximum absolute atomic E-state index is 6.15. The van der Waals surface area contributed by atoms with Gasteiger partial charge in [0.05, 0.1) is 0 Å². The topological polar surface area (TPSA) is 0 Å². The van der Waals surface area contributed by atoms with Crippen molar-refractivity contribution in [1.29, 1.82) is 0 Å². The van der Waals surface area contributed by atoms with Crippen LogP contribution in [0, 0.1) is 0 Å². The highest BCUT2D eigenvalue weighted by Crippen LogP contribution is 2.49. The number of benzene rings is 2. The summed E-state index contributed by atoms with van der Waals surface area (Å²) in [5, 5.41) is 0.819. The third kappa shape index (κ3) is 1.61. The van der Waals surface area contributed by atoms with Crippen molar-refractivity contribution in [2.45, 2.75) is 24.2 Å². The van der Waals surface area contributed by atoms with Crippen molar-refractivity contribution in [3.05, 3.63) is 52.5 Å². The molecule has 3 rings (SSSR count). The third-order valence-corrected chi connectivity index (χ3v) is 4.81. The van der Waals surface area contributed by atoms with E-state index in [9.17, 15) is 0 Å². The second kappa shape index (κ2) is 4.04. The van der Waals surface area contributed by atoms with Gasteiger partial charge < -0.3 is 0 Å². The predicted octanol–water partition coefficient (Wildman–Crippen LogP) is 5.37. The maximum atomic E-state index is 6.15. The molecule has 0 unspecified atom stereocenters. The molecular weight excluding hydrogens is 260 g/mol. The molecule has 0 aromatic heterocycles. The summed E-state index contributed by atoms with van der Waals surface area (Å²) in [5.74, 6) is 0. The lowest BCUT2D eigenvalue weighted by atomic mass is 9.82. The molecule has 0 atom stereocenters. The lowest BCUT2D eigenvalue weighted by Gasteiger charge is -2.21. The maximum Gasteiger partial charge on any atom is 0.0409 e. The fourth-order valence-corrected chi connectivity index (χ4v) is 3.43. The number of halogens is 1. The predicted molar refractivity (Wildman–Crippen MR) is 80.8 cm³/mol. The largest absolute Gasteiger partial charge is 0.130 e. The molecule has 0 heterocycles. The Labute approximate surface area is 117 Å². The van der Waals surface area contributed by atoms with Crippen LogP contribution in [0.1, 0.15) is 25.0 Å². The Morgan fingerprint density at radius 2 is 1.56 bits per heavy atom. The summed E-state index contributed by atoms with van der Waals surface area (Å²) < 4.78 is 0. The molecular formula is C16H15ClS. The second-order valence-corrected chi connectivity index (χ2v) is 6.54. The number of hydrogen-bond donors (Lipinski definition) is 0. The van der Waals surface area contributed by atoms with E-state index in [2.05, 4.69) is 50.4 Å². The van der Waals surface area contributed by atoms with Gasteiger partial charge >= 0.3 is 0 Å². The van der Waals surface area contributed by atoms with Crippen molar-refractivity contribution in [3.8, 4) is 11.1 Å². The first-order valence-corrected chi connectivity index (χ1v) is 7.63. The van der Waals surface area contributed by atoms with E-state index < -0.39 is 0 Å².